The molecular formula is C9H22N2. The summed E-state index contributed by atoms with van der Waals surface area (Å²) in [6.07, 6.45) is 1.02. The average molecular weight is 158 g/mol. The monoisotopic (exact) mass is 158 g/mol. The smallest absolute Gasteiger partial charge is 0.0168 e. The van der Waals surface area contributed by atoms with E-state index in [9.17, 15) is 0 Å². The molecule has 0 fully saturated rings. The molecule has 0 amide bonds. The third-order valence-corrected chi connectivity index (χ3v) is 2.65. The van der Waals surface area contributed by atoms with Crippen molar-refractivity contribution in [1.29, 1.82) is 0 Å². The molecule has 11 heavy (non-hydrogen) atoms. The Bertz CT molecular complexity index is 108. The molecule has 0 aliphatic rings. The molecule has 0 rings (SSSR count). The van der Waals surface area contributed by atoms with Gasteiger partial charge in [0.15, 0.2) is 0 Å². The van der Waals surface area contributed by atoms with Crippen molar-refractivity contribution >= 4 is 0 Å². The molecule has 0 aromatic rings. The first-order valence-corrected chi connectivity index (χ1v) is 4.36. The van der Waals surface area contributed by atoms with Gasteiger partial charge in [-0.25, -0.2) is 0 Å². The second-order valence-corrected chi connectivity index (χ2v) is 4.34. The highest BCUT2D eigenvalue weighted by Gasteiger charge is 2.24. The molecule has 0 aliphatic heterocycles. The van der Waals surface area contributed by atoms with Crippen molar-refractivity contribution in [1.82, 2.24) is 0 Å². The highest BCUT2D eigenvalue weighted by Crippen LogP contribution is 2.30. The van der Waals surface area contributed by atoms with E-state index in [0.717, 1.165) is 6.42 Å². The summed E-state index contributed by atoms with van der Waals surface area (Å²) in [5.41, 5.74) is 11.5. The Morgan fingerprint density at radius 3 is 2.00 bits per heavy atom. The standard InChI is InChI=1S/C9H22N2/c1-7(2)9(3,4)5-8(11)6-10/h7-8H,5-6,10-11H2,1-4H3. The van der Waals surface area contributed by atoms with E-state index in [1.165, 1.54) is 0 Å². The fraction of sp³-hybridized carbons (Fsp3) is 1.00. The fourth-order valence-electron chi connectivity index (χ4n) is 0.995. The SMILES string of the molecule is CC(C)C(C)(C)CC(N)CN. The van der Waals surface area contributed by atoms with Crippen LogP contribution in [0.3, 0.4) is 0 Å². The topological polar surface area (TPSA) is 52.0 Å². The Kier molecular flexibility index (Phi) is 4.04. The summed E-state index contributed by atoms with van der Waals surface area (Å²) >= 11 is 0. The second-order valence-electron chi connectivity index (χ2n) is 4.34. The molecule has 0 heterocycles. The summed E-state index contributed by atoms with van der Waals surface area (Å²) in [5, 5.41) is 0. The van der Waals surface area contributed by atoms with Crippen molar-refractivity contribution in [3.63, 3.8) is 0 Å². The van der Waals surface area contributed by atoms with E-state index >= 15 is 0 Å². The fourth-order valence-corrected chi connectivity index (χ4v) is 0.995. The van der Waals surface area contributed by atoms with Crippen LogP contribution in [-0.4, -0.2) is 12.6 Å². The number of hydrogen-bond donors (Lipinski definition) is 2. The third kappa shape index (κ3) is 3.73. The van der Waals surface area contributed by atoms with Gasteiger partial charge in [-0.1, -0.05) is 27.7 Å². The predicted molar refractivity (Wildman–Crippen MR) is 50.3 cm³/mol. The summed E-state index contributed by atoms with van der Waals surface area (Å²) < 4.78 is 0. The Morgan fingerprint density at radius 2 is 1.73 bits per heavy atom. The minimum absolute atomic E-state index is 0.160. The van der Waals surface area contributed by atoms with Crippen LogP contribution in [0.25, 0.3) is 0 Å². The molecule has 0 spiro atoms. The van der Waals surface area contributed by atoms with Crippen LogP contribution in [0, 0.1) is 11.3 Å². The molecule has 4 N–H and O–H groups in total. The predicted octanol–water partition coefficient (Wildman–Crippen LogP) is 1.34. The molecule has 0 saturated carbocycles. The third-order valence-electron chi connectivity index (χ3n) is 2.65. The Morgan fingerprint density at radius 1 is 1.27 bits per heavy atom. The Hall–Kier alpha value is -0.0800. The van der Waals surface area contributed by atoms with Crippen LogP contribution in [0.4, 0.5) is 0 Å². The lowest BCUT2D eigenvalue weighted by molar-refractivity contribution is 0.213. The summed E-state index contributed by atoms with van der Waals surface area (Å²) in [4.78, 5) is 0. The molecule has 0 aliphatic carbocycles. The van der Waals surface area contributed by atoms with Crippen LogP contribution in [-0.2, 0) is 0 Å². The molecule has 0 aromatic heterocycles. The van der Waals surface area contributed by atoms with Gasteiger partial charge in [0.25, 0.3) is 0 Å². The highest BCUT2D eigenvalue weighted by atomic mass is 14.7. The van der Waals surface area contributed by atoms with Crippen LogP contribution < -0.4 is 11.5 Å². The molecule has 0 radical (unpaired) electrons. The molecule has 2 heteroatoms. The summed E-state index contributed by atoms with van der Waals surface area (Å²) in [7, 11) is 0. The normalized spacial score (nSPS) is 15.5. The van der Waals surface area contributed by atoms with Crippen molar-refractivity contribution in [2.45, 2.75) is 40.2 Å². The van der Waals surface area contributed by atoms with Gasteiger partial charge < -0.3 is 11.5 Å². The zero-order chi connectivity index (χ0) is 9.07. The number of rotatable bonds is 4. The molecule has 1 unspecified atom stereocenters. The van der Waals surface area contributed by atoms with Crippen molar-refractivity contribution in [2.24, 2.45) is 22.8 Å². The molecule has 1 atom stereocenters. The molecule has 68 valence electrons. The number of hydrogen-bond acceptors (Lipinski definition) is 2. The van der Waals surface area contributed by atoms with E-state index in [-0.39, 0.29) is 6.04 Å². The highest BCUT2D eigenvalue weighted by molar-refractivity contribution is 4.78. The van der Waals surface area contributed by atoms with Crippen LogP contribution in [0.15, 0.2) is 0 Å². The second kappa shape index (κ2) is 4.07. The van der Waals surface area contributed by atoms with Crippen molar-refractivity contribution in [3.8, 4) is 0 Å². The van der Waals surface area contributed by atoms with Gasteiger partial charge in [0, 0.05) is 12.6 Å². The van der Waals surface area contributed by atoms with Gasteiger partial charge in [-0.15, -0.1) is 0 Å². The molecular weight excluding hydrogens is 136 g/mol. The Balaban J connectivity index is 3.90. The van der Waals surface area contributed by atoms with Crippen molar-refractivity contribution in [2.75, 3.05) is 6.54 Å². The molecule has 2 nitrogen and oxygen atoms in total. The van der Waals surface area contributed by atoms with E-state index in [1.54, 1.807) is 0 Å². The maximum atomic E-state index is 5.77. The summed E-state index contributed by atoms with van der Waals surface area (Å²) in [6.45, 7) is 9.53. The van der Waals surface area contributed by atoms with E-state index in [4.69, 9.17) is 11.5 Å². The van der Waals surface area contributed by atoms with Crippen LogP contribution in [0.2, 0.25) is 0 Å². The van der Waals surface area contributed by atoms with Gasteiger partial charge in [-0.3, -0.25) is 0 Å². The zero-order valence-corrected chi connectivity index (χ0v) is 8.22. The lowest BCUT2D eigenvalue weighted by Crippen LogP contribution is -2.36. The van der Waals surface area contributed by atoms with E-state index in [0.29, 0.717) is 17.9 Å². The van der Waals surface area contributed by atoms with E-state index < -0.39 is 0 Å². The van der Waals surface area contributed by atoms with Gasteiger partial charge in [0.2, 0.25) is 0 Å². The first-order valence-electron chi connectivity index (χ1n) is 4.36. The quantitative estimate of drug-likeness (QED) is 0.649. The van der Waals surface area contributed by atoms with Gasteiger partial charge in [-0.05, 0) is 17.8 Å². The summed E-state index contributed by atoms with van der Waals surface area (Å²) in [6, 6.07) is 0.160. The first kappa shape index (κ1) is 10.9. The zero-order valence-electron chi connectivity index (χ0n) is 8.22. The van der Waals surface area contributed by atoms with E-state index in [2.05, 4.69) is 27.7 Å². The van der Waals surface area contributed by atoms with E-state index in [1.807, 2.05) is 0 Å². The Labute approximate surface area is 70.3 Å². The largest absolute Gasteiger partial charge is 0.329 e. The van der Waals surface area contributed by atoms with Gasteiger partial charge in [-0.2, -0.15) is 0 Å². The van der Waals surface area contributed by atoms with Gasteiger partial charge in [0.05, 0.1) is 0 Å². The van der Waals surface area contributed by atoms with Crippen LogP contribution in [0.5, 0.6) is 0 Å². The lowest BCUT2D eigenvalue weighted by atomic mass is 9.76. The van der Waals surface area contributed by atoms with Crippen LogP contribution in [0.1, 0.15) is 34.1 Å². The van der Waals surface area contributed by atoms with Crippen molar-refractivity contribution in [3.05, 3.63) is 0 Å². The minimum atomic E-state index is 0.160. The summed E-state index contributed by atoms with van der Waals surface area (Å²) in [5.74, 6) is 0.667. The molecule has 0 bridgehead atoms. The number of nitrogens with two attached hydrogens (primary N) is 2. The molecule has 0 saturated heterocycles. The van der Waals surface area contributed by atoms with Crippen LogP contribution >= 0.6 is 0 Å². The lowest BCUT2D eigenvalue weighted by Gasteiger charge is -2.31. The molecule has 0 aromatic carbocycles. The van der Waals surface area contributed by atoms with Gasteiger partial charge >= 0.3 is 0 Å². The minimum Gasteiger partial charge on any atom is -0.329 e. The first-order chi connectivity index (χ1) is 4.90. The maximum Gasteiger partial charge on any atom is 0.0168 e. The maximum absolute atomic E-state index is 5.77. The van der Waals surface area contributed by atoms with Gasteiger partial charge in [0.1, 0.15) is 0 Å². The average Bonchev–Trinajstić information content (AvgIpc) is 1.86. The van der Waals surface area contributed by atoms with Crippen molar-refractivity contribution < 1.29 is 0 Å².